The van der Waals surface area contributed by atoms with Crippen LogP contribution in [0.3, 0.4) is 0 Å². The van der Waals surface area contributed by atoms with E-state index < -0.39 is 0 Å². The molecule has 0 aliphatic heterocycles. The maximum atomic E-state index is 11.1. The Bertz CT molecular complexity index is 430. The van der Waals surface area contributed by atoms with Crippen molar-refractivity contribution in [1.82, 2.24) is 0 Å². The molecule has 2 atom stereocenters. The molecule has 82 valence electrons. The number of carbonyl (C=O) groups is 1. The lowest BCUT2D eigenvalue weighted by Gasteiger charge is -2.00. The Morgan fingerprint density at radius 1 is 1.50 bits per heavy atom. The van der Waals surface area contributed by atoms with Crippen molar-refractivity contribution in [2.45, 2.75) is 18.8 Å². The zero-order chi connectivity index (χ0) is 11.5. The van der Waals surface area contributed by atoms with Gasteiger partial charge in [-0.3, -0.25) is 4.79 Å². The van der Waals surface area contributed by atoms with E-state index in [9.17, 15) is 4.79 Å². The minimum atomic E-state index is -0.134. The number of nitrogens with zero attached hydrogens (tertiary/aromatic N) is 1. The maximum absolute atomic E-state index is 11.1. The standard InChI is InChI=1S/C13H13NO2/c1-14-11-5-3-9(4-6-11)12-7-10(12)8-13(15)16-2/h3-6,10,12H,7-8H2,2H3. The normalized spacial score (nSPS) is 22.2. The second kappa shape index (κ2) is 4.36. The van der Waals surface area contributed by atoms with Crippen LogP contribution >= 0.6 is 0 Å². The number of esters is 1. The van der Waals surface area contributed by atoms with Crippen molar-refractivity contribution in [2.24, 2.45) is 5.92 Å². The summed E-state index contributed by atoms with van der Waals surface area (Å²) < 4.78 is 4.64. The van der Waals surface area contributed by atoms with E-state index in [0.29, 0.717) is 23.9 Å². The van der Waals surface area contributed by atoms with Gasteiger partial charge in [0.05, 0.1) is 13.7 Å². The quantitative estimate of drug-likeness (QED) is 0.573. The first-order valence-electron chi connectivity index (χ1n) is 5.29. The Balaban J connectivity index is 1.96. The van der Waals surface area contributed by atoms with Crippen molar-refractivity contribution in [3.05, 3.63) is 41.2 Å². The number of carbonyl (C=O) groups excluding carboxylic acids is 1. The highest BCUT2D eigenvalue weighted by Crippen LogP contribution is 2.49. The van der Waals surface area contributed by atoms with Gasteiger partial charge in [-0.2, -0.15) is 0 Å². The second-order valence-corrected chi connectivity index (χ2v) is 4.09. The third-order valence-electron chi connectivity index (χ3n) is 3.03. The molecule has 3 heteroatoms. The summed E-state index contributed by atoms with van der Waals surface area (Å²) in [6, 6.07) is 7.62. The van der Waals surface area contributed by atoms with Crippen LogP contribution in [0.15, 0.2) is 24.3 Å². The summed E-state index contributed by atoms with van der Waals surface area (Å²) in [5.74, 6) is 0.760. The lowest BCUT2D eigenvalue weighted by atomic mass is 10.1. The Hall–Kier alpha value is -1.82. The van der Waals surface area contributed by atoms with E-state index in [0.717, 1.165) is 6.42 Å². The number of methoxy groups -OCH3 is 1. The van der Waals surface area contributed by atoms with Gasteiger partial charge in [0, 0.05) is 6.42 Å². The molecular formula is C13H13NO2. The highest BCUT2D eigenvalue weighted by molar-refractivity contribution is 5.70. The lowest BCUT2D eigenvalue weighted by Crippen LogP contribution is -2.01. The fourth-order valence-electron chi connectivity index (χ4n) is 1.97. The van der Waals surface area contributed by atoms with Gasteiger partial charge in [-0.05, 0) is 23.8 Å². The van der Waals surface area contributed by atoms with E-state index in [1.165, 1.54) is 12.7 Å². The Morgan fingerprint density at radius 2 is 2.19 bits per heavy atom. The van der Waals surface area contributed by atoms with Gasteiger partial charge >= 0.3 is 5.97 Å². The number of benzene rings is 1. The molecule has 1 aliphatic carbocycles. The van der Waals surface area contributed by atoms with Crippen LogP contribution in [0, 0.1) is 12.5 Å². The van der Waals surface area contributed by atoms with Crippen LogP contribution in [-0.4, -0.2) is 13.1 Å². The highest BCUT2D eigenvalue weighted by atomic mass is 16.5. The smallest absolute Gasteiger partial charge is 0.305 e. The first kappa shape index (κ1) is 10.7. The molecule has 0 N–H and O–H groups in total. The molecule has 0 heterocycles. The van der Waals surface area contributed by atoms with Crippen LogP contribution < -0.4 is 0 Å². The molecular weight excluding hydrogens is 202 g/mol. The zero-order valence-corrected chi connectivity index (χ0v) is 9.14. The molecule has 1 saturated carbocycles. The SMILES string of the molecule is [C-]#[N+]c1ccc(C2CC2CC(=O)OC)cc1. The number of hydrogen-bond acceptors (Lipinski definition) is 2. The van der Waals surface area contributed by atoms with Gasteiger partial charge in [0.2, 0.25) is 0 Å². The van der Waals surface area contributed by atoms with Crippen molar-refractivity contribution in [3.63, 3.8) is 0 Å². The van der Waals surface area contributed by atoms with Crippen LogP contribution in [0.4, 0.5) is 5.69 Å². The van der Waals surface area contributed by atoms with E-state index in [2.05, 4.69) is 9.58 Å². The van der Waals surface area contributed by atoms with Crippen LogP contribution in [0.5, 0.6) is 0 Å². The monoisotopic (exact) mass is 215 g/mol. The molecule has 16 heavy (non-hydrogen) atoms. The molecule has 3 nitrogen and oxygen atoms in total. The van der Waals surface area contributed by atoms with E-state index in [4.69, 9.17) is 6.57 Å². The molecule has 1 aliphatic rings. The van der Waals surface area contributed by atoms with Crippen molar-refractivity contribution >= 4 is 11.7 Å². The van der Waals surface area contributed by atoms with Crippen molar-refractivity contribution < 1.29 is 9.53 Å². The summed E-state index contributed by atoms with van der Waals surface area (Å²) in [6.07, 6.45) is 1.55. The summed E-state index contributed by atoms with van der Waals surface area (Å²) in [6.45, 7) is 6.86. The average molecular weight is 215 g/mol. The van der Waals surface area contributed by atoms with Gasteiger partial charge in [-0.25, -0.2) is 4.85 Å². The first-order chi connectivity index (χ1) is 7.74. The molecule has 0 radical (unpaired) electrons. The predicted molar refractivity (Wildman–Crippen MR) is 60.2 cm³/mol. The topological polar surface area (TPSA) is 30.7 Å². The molecule has 1 fully saturated rings. The van der Waals surface area contributed by atoms with Crippen LogP contribution in [0.1, 0.15) is 24.3 Å². The molecule has 2 rings (SSSR count). The minimum absolute atomic E-state index is 0.134. The number of hydrogen-bond donors (Lipinski definition) is 0. The Morgan fingerprint density at radius 3 is 2.75 bits per heavy atom. The van der Waals surface area contributed by atoms with E-state index in [1.54, 1.807) is 0 Å². The summed E-state index contributed by atoms with van der Waals surface area (Å²) in [5, 5.41) is 0. The van der Waals surface area contributed by atoms with Gasteiger partial charge < -0.3 is 4.74 Å². The van der Waals surface area contributed by atoms with Crippen molar-refractivity contribution in [2.75, 3.05) is 7.11 Å². The fraction of sp³-hybridized carbons (Fsp3) is 0.385. The van der Waals surface area contributed by atoms with Crippen LogP contribution in [0.25, 0.3) is 4.85 Å². The van der Waals surface area contributed by atoms with E-state index >= 15 is 0 Å². The molecule has 0 saturated heterocycles. The summed E-state index contributed by atoms with van der Waals surface area (Å²) in [7, 11) is 1.42. The minimum Gasteiger partial charge on any atom is -0.469 e. The fourth-order valence-corrected chi connectivity index (χ4v) is 1.97. The molecule has 0 spiro atoms. The molecule has 2 unspecified atom stereocenters. The molecule has 0 bridgehead atoms. The molecule has 1 aromatic rings. The summed E-state index contributed by atoms with van der Waals surface area (Å²) in [5.41, 5.74) is 1.88. The van der Waals surface area contributed by atoms with Gasteiger partial charge in [-0.1, -0.05) is 24.3 Å². The van der Waals surface area contributed by atoms with Crippen LogP contribution in [-0.2, 0) is 9.53 Å². The third kappa shape index (κ3) is 2.22. The molecule has 1 aromatic carbocycles. The predicted octanol–water partition coefficient (Wildman–Crippen LogP) is 2.90. The van der Waals surface area contributed by atoms with Gasteiger partial charge in [-0.15, -0.1) is 0 Å². The Labute approximate surface area is 94.9 Å². The summed E-state index contributed by atoms with van der Waals surface area (Å²) in [4.78, 5) is 14.4. The van der Waals surface area contributed by atoms with E-state index in [1.807, 2.05) is 24.3 Å². The van der Waals surface area contributed by atoms with Gasteiger partial charge in [0.15, 0.2) is 5.69 Å². The molecule has 0 aromatic heterocycles. The maximum Gasteiger partial charge on any atom is 0.305 e. The zero-order valence-electron chi connectivity index (χ0n) is 9.14. The lowest BCUT2D eigenvalue weighted by molar-refractivity contribution is -0.141. The van der Waals surface area contributed by atoms with E-state index in [-0.39, 0.29) is 5.97 Å². The summed E-state index contributed by atoms with van der Waals surface area (Å²) >= 11 is 0. The molecule has 0 amide bonds. The third-order valence-corrected chi connectivity index (χ3v) is 3.03. The number of rotatable bonds is 3. The van der Waals surface area contributed by atoms with Crippen molar-refractivity contribution in [3.8, 4) is 0 Å². The first-order valence-corrected chi connectivity index (χ1v) is 5.29. The number of ether oxygens (including phenoxy) is 1. The second-order valence-electron chi connectivity index (χ2n) is 4.09. The Kier molecular flexibility index (Phi) is 2.91. The van der Waals surface area contributed by atoms with Crippen molar-refractivity contribution in [1.29, 1.82) is 0 Å². The van der Waals surface area contributed by atoms with Crippen LogP contribution in [0.2, 0.25) is 0 Å². The largest absolute Gasteiger partial charge is 0.469 e. The van der Waals surface area contributed by atoms with Gasteiger partial charge in [0.25, 0.3) is 0 Å². The highest BCUT2D eigenvalue weighted by Gasteiger charge is 2.39. The van der Waals surface area contributed by atoms with Gasteiger partial charge in [0.1, 0.15) is 0 Å². The average Bonchev–Trinajstić information content (AvgIpc) is 3.08.